The highest BCUT2D eigenvalue weighted by atomic mass is 19.1. The van der Waals surface area contributed by atoms with Gasteiger partial charge in [0.05, 0.1) is 26.1 Å². The van der Waals surface area contributed by atoms with Crippen molar-refractivity contribution in [2.24, 2.45) is 0 Å². The van der Waals surface area contributed by atoms with Crippen molar-refractivity contribution in [2.75, 3.05) is 13.2 Å². The first-order valence-electron chi connectivity index (χ1n) is 11.3. The van der Waals surface area contributed by atoms with Gasteiger partial charge >= 0.3 is 11.9 Å². The minimum Gasteiger partial charge on any atom is -0.508 e. The highest BCUT2D eigenvalue weighted by molar-refractivity contribution is 5.73. The van der Waals surface area contributed by atoms with E-state index >= 15 is 0 Å². The Balaban J connectivity index is 0.000000379. The largest absolute Gasteiger partial charge is 0.508 e. The standard InChI is InChI=1S/C17H17FO3.C11H14O3.CH4/c1-3-20-17(19)10-13-8-7-12(2)16(9-13)21-15-6-4-5-14(18)11-15;1-3-14-11(13)7-9-5-4-8(2)10(12)6-9;/h4-9,11H,3,10H2,1-2H3;4-6,12H,3,7H2,1-2H3;1H4. The Morgan fingerprint density at radius 2 is 1.36 bits per heavy atom. The zero-order chi connectivity index (χ0) is 25.8. The van der Waals surface area contributed by atoms with Crippen molar-refractivity contribution in [1.29, 1.82) is 0 Å². The summed E-state index contributed by atoms with van der Waals surface area (Å²) in [7, 11) is 0. The first kappa shape index (κ1) is 30.2. The number of aryl methyl sites for hydroxylation is 2. The van der Waals surface area contributed by atoms with Gasteiger partial charge in [-0.2, -0.15) is 0 Å². The SMILES string of the molecule is C.CCOC(=O)Cc1ccc(C)c(O)c1.CCOC(=O)Cc1ccc(C)c(Oc2cccc(F)c2)c1. The normalized spacial score (nSPS) is 9.81. The Labute approximate surface area is 212 Å². The highest BCUT2D eigenvalue weighted by Crippen LogP contribution is 2.27. The molecule has 0 heterocycles. The summed E-state index contributed by atoms with van der Waals surface area (Å²) >= 11 is 0. The molecule has 0 aromatic heterocycles. The summed E-state index contributed by atoms with van der Waals surface area (Å²) in [6, 6.07) is 16.6. The lowest BCUT2D eigenvalue weighted by atomic mass is 10.1. The third-order valence-electron chi connectivity index (χ3n) is 4.86. The Morgan fingerprint density at radius 3 is 1.89 bits per heavy atom. The molecule has 1 N–H and O–H groups in total. The van der Waals surface area contributed by atoms with Gasteiger partial charge in [-0.1, -0.05) is 37.8 Å². The number of benzene rings is 3. The quantitative estimate of drug-likeness (QED) is 0.358. The van der Waals surface area contributed by atoms with Gasteiger partial charge in [0.15, 0.2) is 0 Å². The van der Waals surface area contributed by atoms with Crippen LogP contribution >= 0.6 is 0 Å². The van der Waals surface area contributed by atoms with Crippen LogP contribution in [0.25, 0.3) is 0 Å². The van der Waals surface area contributed by atoms with E-state index in [0.717, 1.165) is 22.3 Å². The van der Waals surface area contributed by atoms with Crippen LogP contribution in [0.1, 0.15) is 43.5 Å². The van der Waals surface area contributed by atoms with E-state index in [0.29, 0.717) is 24.7 Å². The van der Waals surface area contributed by atoms with E-state index in [9.17, 15) is 19.1 Å². The van der Waals surface area contributed by atoms with Crippen molar-refractivity contribution in [1.82, 2.24) is 0 Å². The lowest BCUT2D eigenvalue weighted by molar-refractivity contribution is -0.143. The second-order valence-electron chi connectivity index (χ2n) is 7.74. The molecule has 0 unspecified atom stereocenters. The fourth-order valence-corrected chi connectivity index (χ4v) is 3.04. The first-order valence-corrected chi connectivity index (χ1v) is 11.3. The third-order valence-corrected chi connectivity index (χ3v) is 4.86. The minimum absolute atomic E-state index is 0. The molecular formula is C29H35FO6. The number of esters is 2. The van der Waals surface area contributed by atoms with Crippen LogP contribution in [0.3, 0.4) is 0 Å². The van der Waals surface area contributed by atoms with Crippen LogP contribution in [0, 0.1) is 19.7 Å². The Morgan fingerprint density at radius 1 is 0.806 bits per heavy atom. The van der Waals surface area contributed by atoms with E-state index in [-0.39, 0.29) is 43.8 Å². The van der Waals surface area contributed by atoms with E-state index < -0.39 is 0 Å². The predicted octanol–water partition coefficient (Wildman–Crippen LogP) is 6.47. The molecule has 0 aliphatic heterocycles. The average molecular weight is 499 g/mol. The smallest absolute Gasteiger partial charge is 0.310 e. The molecule has 3 aromatic carbocycles. The molecule has 0 saturated heterocycles. The number of hydrogen-bond donors (Lipinski definition) is 1. The molecular weight excluding hydrogens is 463 g/mol. The maximum Gasteiger partial charge on any atom is 0.310 e. The van der Waals surface area contributed by atoms with Gasteiger partial charge in [-0.05, 0) is 74.2 Å². The van der Waals surface area contributed by atoms with Crippen molar-refractivity contribution in [3.05, 3.63) is 88.7 Å². The lowest BCUT2D eigenvalue weighted by Crippen LogP contribution is -2.07. The van der Waals surface area contributed by atoms with Crippen molar-refractivity contribution in [2.45, 2.75) is 48.0 Å². The van der Waals surface area contributed by atoms with E-state index in [1.807, 2.05) is 32.0 Å². The predicted molar refractivity (Wildman–Crippen MR) is 138 cm³/mol. The molecule has 0 bridgehead atoms. The van der Waals surface area contributed by atoms with Gasteiger partial charge in [-0.25, -0.2) is 4.39 Å². The highest BCUT2D eigenvalue weighted by Gasteiger charge is 2.09. The van der Waals surface area contributed by atoms with Crippen LogP contribution in [-0.4, -0.2) is 30.3 Å². The minimum atomic E-state index is -0.354. The van der Waals surface area contributed by atoms with E-state index in [1.165, 1.54) is 12.1 Å². The number of carbonyl (C=O) groups excluding carboxylic acids is 2. The molecule has 0 spiro atoms. The third kappa shape index (κ3) is 10.2. The number of phenols is 1. The molecule has 0 atom stereocenters. The fourth-order valence-electron chi connectivity index (χ4n) is 3.04. The van der Waals surface area contributed by atoms with Crippen LogP contribution in [0.15, 0.2) is 60.7 Å². The van der Waals surface area contributed by atoms with Gasteiger partial charge in [0.1, 0.15) is 23.1 Å². The van der Waals surface area contributed by atoms with Crippen molar-refractivity contribution >= 4 is 11.9 Å². The summed E-state index contributed by atoms with van der Waals surface area (Å²) in [5.41, 5.74) is 3.28. The van der Waals surface area contributed by atoms with Gasteiger partial charge in [0.2, 0.25) is 0 Å². The summed E-state index contributed by atoms with van der Waals surface area (Å²) in [4.78, 5) is 22.6. The number of halogens is 1. The molecule has 0 aliphatic rings. The van der Waals surface area contributed by atoms with Crippen LogP contribution in [0.4, 0.5) is 4.39 Å². The molecule has 7 heteroatoms. The zero-order valence-corrected chi connectivity index (χ0v) is 20.5. The fraction of sp³-hybridized carbons (Fsp3) is 0.310. The molecule has 3 aromatic rings. The molecule has 0 amide bonds. The number of rotatable bonds is 8. The number of hydrogen-bond acceptors (Lipinski definition) is 6. The maximum absolute atomic E-state index is 13.2. The number of carbonyl (C=O) groups is 2. The Kier molecular flexibility index (Phi) is 12.7. The van der Waals surface area contributed by atoms with E-state index in [4.69, 9.17) is 14.2 Å². The van der Waals surface area contributed by atoms with Crippen LogP contribution in [-0.2, 0) is 31.9 Å². The van der Waals surface area contributed by atoms with Gasteiger partial charge in [0.25, 0.3) is 0 Å². The van der Waals surface area contributed by atoms with Gasteiger partial charge in [-0.15, -0.1) is 0 Å². The number of aromatic hydroxyl groups is 1. The van der Waals surface area contributed by atoms with Gasteiger partial charge < -0.3 is 19.3 Å². The van der Waals surface area contributed by atoms with E-state index in [2.05, 4.69) is 0 Å². The summed E-state index contributed by atoms with van der Waals surface area (Å²) in [5, 5.41) is 9.39. The molecule has 194 valence electrons. The first-order chi connectivity index (χ1) is 16.7. The molecule has 3 rings (SSSR count). The van der Waals surface area contributed by atoms with Gasteiger partial charge in [-0.3, -0.25) is 9.59 Å². The van der Waals surface area contributed by atoms with Crippen LogP contribution in [0.5, 0.6) is 17.2 Å². The monoisotopic (exact) mass is 498 g/mol. The summed E-state index contributed by atoms with van der Waals surface area (Å²) in [6.45, 7) is 7.98. The van der Waals surface area contributed by atoms with Crippen molar-refractivity contribution in [3.8, 4) is 17.2 Å². The molecule has 0 radical (unpaired) electrons. The number of phenolic OH excluding ortho intramolecular Hbond substituents is 1. The maximum atomic E-state index is 13.2. The van der Waals surface area contributed by atoms with Crippen LogP contribution in [0.2, 0.25) is 0 Å². The Bertz CT molecular complexity index is 1140. The van der Waals surface area contributed by atoms with Gasteiger partial charge in [0, 0.05) is 6.07 Å². The lowest BCUT2D eigenvalue weighted by Gasteiger charge is -2.10. The van der Waals surface area contributed by atoms with E-state index in [1.54, 1.807) is 44.2 Å². The summed E-state index contributed by atoms with van der Waals surface area (Å²) in [6.07, 6.45) is 0.398. The molecule has 0 fully saturated rings. The summed E-state index contributed by atoms with van der Waals surface area (Å²) in [5.74, 6) is 0.335. The Hall–Kier alpha value is -3.87. The molecule has 36 heavy (non-hydrogen) atoms. The number of ether oxygens (including phenoxy) is 3. The zero-order valence-electron chi connectivity index (χ0n) is 20.5. The molecule has 0 saturated carbocycles. The van der Waals surface area contributed by atoms with Crippen LogP contribution < -0.4 is 4.74 Å². The van der Waals surface area contributed by atoms with Crippen molar-refractivity contribution in [3.63, 3.8) is 0 Å². The summed E-state index contributed by atoms with van der Waals surface area (Å²) < 4.78 is 28.6. The second-order valence-corrected chi connectivity index (χ2v) is 7.74. The average Bonchev–Trinajstić information content (AvgIpc) is 2.79. The molecule has 6 nitrogen and oxygen atoms in total. The molecule has 0 aliphatic carbocycles. The van der Waals surface area contributed by atoms with Crippen molar-refractivity contribution < 1.29 is 33.3 Å². The topological polar surface area (TPSA) is 82.1 Å². The second kappa shape index (κ2) is 15.2.